The number of benzene rings is 1. The van der Waals surface area contributed by atoms with Crippen LogP contribution in [0.3, 0.4) is 0 Å². The number of carbonyl (C=O) groups is 1. The summed E-state index contributed by atoms with van der Waals surface area (Å²) in [6.07, 6.45) is 7.44. The molecule has 2 rings (SSSR count). The Morgan fingerprint density at radius 2 is 1.62 bits per heavy atom. The Kier molecular flexibility index (Phi) is 4.15. The van der Waals surface area contributed by atoms with Gasteiger partial charge in [0, 0.05) is 12.8 Å². The molecule has 1 heteroatoms. The lowest BCUT2D eigenvalue weighted by atomic mass is 9.86. The van der Waals surface area contributed by atoms with Gasteiger partial charge < -0.3 is 0 Å². The van der Waals surface area contributed by atoms with Crippen LogP contribution >= 0.6 is 0 Å². The molecule has 1 fully saturated rings. The van der Waals surface area contributed by atoms with Crippen LogP contribution in [0.15, 0.2) is 30.3 Å². The summed E-state index contributed by atoms with van der Waals surface area (Å²) in [5.74, 6) is 1.26. The topological polar surface area (TPSA) is 17.1 Å². The Morgan fingerprint density at radius 1 is 1.00 bits per heavy atom. The van der Waals surface area contributed by atoms with E-state index in [1.807, 2.05) is 0 Å². The van der Waals surface area contributed by atoms with E-state index in [0.29, 0.717) is 5.78 Å². The third-order valence-electron chi connectivity index (χ3n) is 3.50. The molecule has 1 aliphatic carbocycles. The van der Waals surface area contributed by atoms with Crippen LogP contribution in [0.2, 0.25) is 0 Å². The summed E-state index contributed by atoms with van der Waals surface area (Å²) in [5.41, 5.74) is 1.44. The maximum atomic E-state index is 11.3. The molecule has 0 aliphatic heterocycles. The lowest BCUT2D eigenvalue weighted by Crippen LogP contribution is -2.11. The van der Waals surface area contributed by atoms with Crippen molar-refractivity contribution in [2.24, 2.45) is 5.92 Å². The molecule has 1 aliphatic rings. The van der Waals surface area contributed by atoms with Gasteiger partial charge in [0.05, 0.1) is 0 Å². The van der Waals surface area contributed by atoms with Crippen LogP contribution in [-0.2, 0) is 11.2 Å². The zero-order valence-corrected chi connectivity index (χ0v) is 9.82. The van der Waals surface area contributed by atoms with Crippen molar-refractivity contribution in [1.82, 2.24) is 0 Å². The summed E-state index contributed by atoms with van der Waals surface area (Å²) in [7, 11) is 0. The fourth-order valence-corrected chi connectivity index (χ4v) is 2.60. The second kappa shape index (κ2) is 5.83. The second-order valence-electron chi connectivity index (χ2n) is 4.88. The molecule has 0 unspecified atom stereocenters. The number of carbonyl (C=O) groups excluding carboxylic acids is 1. The summed E-state index contributed by atoms with van der Waals surface area (Å²) < 4.78 is 0. The number of rotatable bonds is 2. The molecular formula is C15H20O. The first-order valence-corrected chi connectivity index (χ1v) is 6.40. The predicted molar refractivity (Wildman–Crippen MR) is 66.3 cm³/mol. The van der Waals surface area contributed by atoms with Crippen molar-refractivity contribution in [2.75, 3.05) is 0 Å². The smallest absolute Gasteiger partial charge is 0.132 e. The van der Waals surface area contributed by atoms with Gasteiger partial charge in [-0.25, -0.2) is 0 Å². The van der Waals surface area contributed by atoms with Crippen LogP contribution in [0.25, 0.3) is 0 Å². The maximum absolute atomic E-state index is 11.3. The second-order valence-corrected chi connectivity index (χ2v) is 4.88. The van der Waals surface area contributed by atoms with E-state index in [4.69, 9.17) is 0 Å². The minimum atomic E-state index is 0.471. The van der Waals surface area contributed by atoms with Crippen molar-refractivity contribution in [1.29, 1.82) is 0 Å². The Hall–Kier alpha value is -1.11. The van der Waals surface area contributed by atoms with Gasteiger partial charge in [-0.1, -0.05) is 30.3 Å². The first-order valence-electron chi connectivity index (χ1n) is 6.40. The van der Waals surface area contributed by atoms with Gasteiger partial charge in [0.2, 0.25) is 0 Å². The van der Waals surface area contributed by atoms with Crippen LogP contribution < -0.4 is 0 Å². The van der Waals surface area contributed by atoms with Crippen molar-refractivity contribution in [3.05, 3.63) is 35.9 Å². The molecule has 1 nitrogen and oxygen atoms in total. The van der Waals surface area contributed by atoms with Crippen LogP contribution in [0, 0.1) is 5.92 Å². The number of Topliss-reactive ketones (excluding diaryl/α,β-unsaturated/α-hetero) is 1. The molecule has 0 heterocycles. The van der Waals surface area contributed by atoms with Crippen molar-refractivity contribution in [2.45, 2.75) is 44.9 Å². The highest BCUT2D eigenvalue weighted by atomic mass is 16.1. The molecule has 1 aromatic carbocycles. The van der Waals surface area contributed by atoms with E-state index in [2.05, 4.69) is 30.3 Å². The zero-order chi connectivity index (χ0) is 11.2. The normalized spacial score (nSPS) is 19.1. The third-order valence-corrected chi connectivity index (χ3v) is 3.50. The van der Waals surface area contributed by atoms with E-state index < -0.39 is 0 Å². The van der Waals surface area contributed by atoms with E-state index in [9.17, 15) is 4.79 Å². The highest BCUT2D eigenvalue weighted by Gasteiger charge is 2.14. The number of ketones is 1. The fraction of sp³-hybridized carbons (Fsp3) is 0.533. The lowest BCUT2D eigenvalue weighted by molar-refractivity contribution is -0.119. The van der Waals surface area contributed by atoms with Crippen LogP contribution in [-0.4, -0.2) is 5.78 Å². The molecule has 0 radical (unpaired) electrons. The molecule has 1 saturated carbocycles. The van der Waals surface area contributed by atoms with Crippen LogP contribution in [0.5, 0.6) is 0 Å². The number of hydrogen-bond acceptors (Lipinski definition) is 1. The van der Waals surface area contributed by atoms with Crippen LogP contribution in [0.1, 0.15) is 44.1 Å². The lowest BCUT2D eigenvalue weighted by Gasteiger charge is -2.19. The van der Waals surface area contributed by atoms with Crippen molar-refractivity contribution in [3.63, 3.8) is 0 Å². The van der Waals surface area contributed by atoms with Crippen molar-refractivity contribution >= 4 is 5.78 Å². The minimum Gasteiger partial charge on any atom is -0.300 e. The van der Waals surface area contributed by atoms with E-state index in [1.165, 1.54) is 24.8 Å². The van der Waals surface area contributed by atoms with Gasteiger partial charge in [0.15, 0.2) is 0 Å². The van der Waals surface area contributed by atoms with Crippen LogP contribution in [0.4, 0.5) is 0 Å². The monoisotopic (exact) mass is 216 g/mol. The molecule has 0 atom stereocenters. The van der Waals surface area contributed by atoms with E-state index in [-0.39, 0.29) is 0 Å². The van der Waals surface area contributed by atoms with Gasteiger partial charge in [0.25, 0.3) is 0 Å². The Balaban J connectivity index is 1.87. The highest BCUT2D eigenvalue weighted by molar-refractivity contribution is 5.78. The van der Waals surface area contributed by atoms with Gasteiger partial charge in [0.1, 0.15) is 5.78 Å². The Labute approximate surface area is 97.9 Å². The van der Waals surface area contributed by atoms with Gasteiger partial charge in [-0.2, -0.15) is 0 Å². The zero-order valence-electron chi connectivity index (χ0n) is 9.82. The van der Waals surface area contributed by atoms with Gasteiger partial charge in [-0.3, -0.25) is 4.79 Å². The molecule has 16 heavy (non-hydrogen) atoms. The minimum absolute atomic E-state index is 0.471. The Morgan fingerprint density at radius 3 is 2.25 bits per heavy atom. The average Bonchev–Trinajstić information content (AvgIpc) is 2.27. The average molecular weight is 216 g/mol. The standard InChI is InChI=1S/C15H20O/c16-15-10-4-8-14(9-5-11-15)12-13-6-2-1-3-7-13/h1-3,6-7,14H,4-5,8-12H2. The van der Waals surface area contributed by atoms with E-state index in [0.717, 1.165) is 31.6 Å². The summed E-state index contributed by atoms with van der Waals surface area (Å²) in [4.78, 5) is 11.3. The predicted octanol–water partition coefficient (Wildman–Crippen LogP) is 3.77. The molecule has 0 saturated heterocycles. The largest absolute Gasteiger partial charge is 0.300 e. The van der Waals surface area contributed by atoms with Crippen molar-refractivity contribution < 1.29 is 4.79 Å². The first kappa shape index (κ1) is 11.4. The summed E-state index contributed by atoms with van der Waals surface area (Å²) in [6.45, 7) is 0. The molecule has 0 amide bonds. The summed E-state index contributed by atoms with van der Waals surface area (Å²) >= 11 is 0. The molecule has 0 aromatic heterocycles. The molecular weight excluding hydrogens is 196 g/mol. The highest BCUT2D eigenvalue weighted by Crippen LogP contribution is 2.24. The van der Waals surface area contributed by atoms with E-state index >= 15 is 0 Å². The number of hydrogen-bond donors (Lipinski definition) is 0. The first-order chi connectivity index (χ1) is 7.84. The fourth-order valence-electron chi connectivity index (χ4n) is 2.60. The van der Waals surface area contributed by atoms with Gasteiger partial charge in [-0.15, -0.1) is 0 Å². The SMILES string of the molecule is O=C1CCCC(Cc2ccccc2)CCC1. The maximum Gasteiger partial charge on any atom is 0.132 e. The van der Waals surface area contributed by atoms with Crippen molar-refractivity contribution in [3.8, 4) is 0 Å². The molecule has 86 valence electrons. The summed E-state index contributed by atoms with van der Waals surface area (Å²) in [6, 6.07) is 10.7. The molecule has 0 N–H and O–H groups in total. The quantitative estimate of drug-likeness (QED) is 0.735. The third kappa shape index (κ3) is 3.48. The molecule has 0 spiro atoms. The molecule has 1 aromatic rings. The summed E-state index contributed by atoms with van der Waals surface area (Å²) in [5, 5.41) is 0. The van der Waals surface area contributed by atoms with E-state index in [1.54, 1.807) is 0 Å². The Bertz CT molecular complexity index is 317. The molecule has 0 bridgehead atoms. The van der Waals surface area contributed by atoms with Gasteiger partial charge >= 0.3 is 0 Å². The van der Waals surface area contributed by atoms with Gasteiger partial charge in [-0.05, 0) is 43.6 Å².